The number of amides is 2. The lowest BCUT2D eigenvalue weighted by atomic mass is 9.43. The molecule has 6 aliphatic rings. The van der Waals surface area contributed by atoms with Crippen molar-refractivity contribution in [1.82, 2.24) is 4.72 Å². The van der Waals surface area contributed by atoms with E-state index in [1.54, 1.807) is 6.07 Å². The Bertz CT molecular complexity index is 1510. The molecule has 0 aromatic heterocycles. The van der Waals surface area contributed by atoms with Crippen LogP contribution in [0.5, 0.6) is 5.75 Å². The minimum atomic E-state index is -4.13. The predicted molar refractivity (Wildman–Crippen MR) is 157 cm³/mol. The lowest BCUT2D eigenvalue weighted by Crippen LogP contribution is -2.65. The summed E-state index contributed by atoms with van der Waals surface area (Å²) in [5.41, 5.74) is 6.39. The van der Waals surface area contributed by atoms with Crippen LogP contribution in [0.4, 0.5) is 10.5 Å². The highest BCUT2D eigenvalue weighted by atomic mass is 32.2. The predicted octanol–water partition coefficient (Wildman–Crippen LogP) is 4.99. The third-order valence-corrected chi connectivity index (χ3v) is 12.2. The van der Waals surface area contributed by atoms with Crippen molar-refractivity contribution in [2.45, 2.75) is 95.1 Å². The number of nitrogens with one attached hydrogen (secondary N) is 2. The first kappa shape index (κ1) is 27.3. The zero-order valence-electron chi connectivity index (χ0n) is 24.3. The first-order valence-corrected chi connectivity index (χ1v) is 16.5. The molecule has 0 radical (unpaired) electrons. The zero-order chi connectivity index (χ0) is 28.7. The summed E-state index contributed by atoms with van der Waals surface area (Å²) in [6, 6.07) is 6.23. The number of anilines is 1. The number of sulfonamides is 1. The first-order chi connectivity index (χ1) is 19.5. The van der Waals surface area contributed by atoms with Gasteiger partial charge in [-0.25, -0.2) is 17.9 Å². The number of carbonyl (C=O) groups excluding carboxylic acids is 1. The van der Waals surface area contributed by atoms with Crippen LogP contribution in [-0.4, -0.2) is 40.4 Å². The van der Waals surface area contributed by atoms with Crippen LogP contribution in [0.3, 0.4) is 0 Å². The molecule has 1 aliphatic heterocycles. The number of methoxy groups -OCH3 is 1. The highest BCUT2D eigenvalue weighted by molar-refractivity contribution is 7.90. The van der Waals surface area contributed by atoms with Crippen molar-refractivity contribution in [2.24, 2.45) is 17.3 Å². The first-order valence-electron chi connectivity index (χ1n) is 15.0. The fourth-order valence-corrected chi connectivity index (χ4v) is 9.49. The number of benzene rings is 2. The van der Waals surface area contributed by atoms with Gasteiger partial charge < -0.3 is 19.4 Å². The van der Waals surface area contributed by atoms with Crippen molar-refractivity contribution < 1.29 is 27.3 Å². The highest BCUT2D eigenvalue weighted by Crippen LogP contribution is 2.65. The number of ether oxygens (including phenoxy) is 1. The van der Waals surface area contributed by atoms with Gasteiger partial charge in [-0.05, 0) is 109 Å². The van der Waals surface area contributed by atoms with Crippen LogP contribution in [0.25, 0.3) is 0 Å². The second-order valence-electron chi connectivity index (χ2n) is 13.4. The van der Waals surface area contributed by atoms with E-state index in [2.05, 4.69) is 36.9 Å². The molecule has 8 rings (SSSR count). The van der Waals surface area contributed by atoms with E-state index < -0.39 is 23.2 Å². The summed E-state index contributed by atoms with van der Waals surface area (Å²) in [6.07, 6.45) is 8.61. The van der Waals surface area contributed by atoms with Crippen LogP contribution in [0, 0.1) is 17.3 Å². The van der Waals surface area contributed by atoms with Gasteiger partial charge in [0, 0.05) is 18.1 Å². The van der Waals surface area contributed by atoms with Gasteiger partial charge in [-0.3, -0.25) is 0 Å². The third kappa shape index (κ3) is 4.31. The lowest BCUT2D eigenvalue weighted by Gasteiger charge is -2.64. The van der Waals surface area contributed by atoms with Gasteiger partial charge in [-0.15, -0.1) is 0 Å². The lowest BCUT2D eigenvalue weighted by molar-refractivity contribution is -0.199. The standard InChI is InChI=1S/C31H39BN2O6S/c1-30(2)21-14-26(30)31(3)27(15-21)39-32(40-31)17-20-11-12-22(16-25(20)38-4)41(36,37)34-29(35)33-28-23-9-5-7-18(23)13-19-8-6-10-24(19)28/h11-13,16,21,26-27H,5-10,14-15,17H2,1-4H3,(H2,33,34,35)/t21-,26-,27+,31-/m0/s1. The molecule has 2 aromatic carbocycles. The molecule has 218 valence electrons. The maximum atomic E-state index is 13.3. The van der Waals surface area contributed by atoms with Crippen LogP contribution in [-0.2, 0) is 51.3 Å². The van der Waals surface area contributed by atoms with Gasteiger partial charge >= 0.3 is 13.1 Å². The minimum Gasteiger partial charge on any atom is -0.496 e. The molecule has 3 saturated carbocycles. The SMILES string of the molecule is COc1cc(S(=O)(=O)NC(=O)Nc2c3c(cc4c2CCC4)CCC3)ccc1CB1O[C@@H]2C[C@@H]3C[C@@H](C3(C)C)[C@]2(C)O1. The Labute approximate surface area is 243 Å². The van der Waals surface area contributed by atoms with Gasteiger partial charge in [0.05, 0.1) is 23.7 Å². The number of hydrogen-bond acceptors (Lipinski definition) is 6. The Morgan fingerprint density at radius 1 is 1.05 bits per heavy atom. The topological polar surface area (TPSA) is 103 Å². The smallest absolute Gasteiger partial charge is 0.462 e. The number of urea groups is 1. The third-order valence-electron chi connectivity index (χ3n) is 10.9. The van der Waals surface area contributed by atoms with E-state index in [4.69, 9.17) is 14.0 Å². The second-order valence-corrected chi connectivity index (χ2v) is 15.1. The fraction of sp³-hybridized carbons (Fsp3) is 0.581. The van der Waals surface area contributed by atoms with Crippen molar-refractivity contribution >= 4 is 28.9 Å². The Kier molecular flexibility index (Phi) is 6.31. The molecule has 5 aliphatic carbocycles. The van der Waals surface area contributed by atoms with Crippen molar-refractivity contribution in [2.75, 3.05) is 12.4 Å². The van der Waals surface area contributed by atoms with Gasteiger partial charge in [0.25, 0.3) is 10.0 Å². The zero-order valence-corrected chi connectivity index (χ0v) is 25.2. The summed E-state index contributed by atoms with van der Waals surface area (Å²) in [5, 5.41) is 2.90. The Morgan fingerprint density at radius 3 is 2.41 bits per heavy atom. The van der Waals surface area contributed by atoms with E-state index in [-0.39, 0.29) is 22.0 Å². The molecule has 1 heterocycles. The second kappa shape index (κ2) is 9.48. The maximum Gasteiger partial charge on any atom is 0.462 e. The molecular weight excluding hydrogens is 539 g/mol. The summed E-state index contributed by atoms with van der Waals surface area (Å²) in [4.78, 5) is 13.0. The summed E-state index contributed by atoms with van der Waals surface area (Å²) in [6.45, 7) is 6.85. The molecule has 1 saturated heterocycles. The summed E-state index contributed by atoms with van der Waals surface area (Å²) in [7, 11) is -3.04. The summed E-state index contributed by atoms with van der Waals surface area (Å²) < 4.78 is 47.3. The summed E-state index contributed by atoms with van der Waals surface area (Å²) >= 11 is 0. The van der Waals surface area contributed by atoms with Crippen molar-refractivity contribution in [3.63, 3.8) is 0 Å². The average molecular weight is 579 g/mol. The molecular formula is C31H39BN2O6S. The number of aryl methyl sites for hydroxylation is 2. The Morgan fingerprint density at radius 2 is 1.76 bits per heavy atom. The maximum absolute atomic E-state index is 13.3. The van der Waals surface area contributed by atoms with Crippen molar-refractivity contribution in [1.29, 1.82) is 0 Å². The van der Waals surface area contributed by atoms with E-state index in [9.17, 15) is 13.2 Å². The molecule has 41 heavy (non-hydrogen) atoms. The monoisotopic (exact) mass is 578 g/mol. The van der Waals surface area contributed by atoms with Gasteiger partial charge in [0.2, 0.25) is 0 Å². The number of carbonyl (C=O) groups is 1. The largest absolute Gasteiger partial charge is 0.496 e. The van der Waals surface area contributed by atoms with Crippen LogP contribution < -0.4 is 14.8 Å². The van der Waals surface area contributed by atoms with Gasteiger partial charge in [0.15, 0.2) is 0 Å². The quantitative estimate of drug-likeness (QED) is 0.469. The van der Waals surface area contributed by atoms with Crippen LogP contribution in [0.15, 0.2) is 29.2 Å². The van der Waals surface area contributed by atoms with E-state index in [0.717, 1.165) is 67.3 Å². The minimum absolute atomic E-state index is 0.0340. The van der Waals surface area contributed by atoms with E-state index in [1.165, 1.54) is 36.8 Å². The summed E-state index contributed by atoms with van der Waals surface area (Å²) in [5.74, 6) is 1.55. The molecule has 2 aromatic rings. The highest BCUT2D eigenvalue weighted by Gasteiger charge is 2.67. The number of hydrogen-bond donors (Lipinski definition) is 2. The van der Waals surface area contributed by atoms with Crippen LogP contribution in [0.1, 0.15) is 74.3 Å². The normalized spacial score (nSPS) is 28.9. The molecule has 0 unspecified atom stereocenters. The van der Waals surface area contributed by atoms with Gasteiger partial charge in [0.1, 0.15) is 5.75 Å². The number of fused-ring (bicyclic) bond motifs is 2. The van der Waals surface area contributed by atoms with E-state index in [1.807, 2.05) is 0 Å². The van der Waals surface area contributed by atoms with Crippen LogP contribution in [0.2, 0.25) is 0 Å². The molecule has 2 N–H and O–H groups in total. The van der Waals surface area contributed by atoms with E-state index in [0.29, 0.717) is 23.9 Å². The molecule has 4 fully saturated rings. The molecule has 10 heteroatoms. The average Bonchev–Trinajstić information content (AvgIpc) is 3.65. The number of rotatable bonds is 6. The molecule has 8 nitrogen and oxygen atoms in total. The fourth-order valence-electron chi connectivity index (χ4n) is 8.57. The molecule has 0 spiro atoms. The molecule has 2 amide bonds. The van der Waals surface area contributed by atoms with Crippen molar-refractivity contribution in [3.05, 3.63) is 52.1 Å². The molecule has 2 bridgehead atoms. The van der Waals surface area contributed by atoms with Crippen LogP contribution >= 0.6 is 0 Å². The van der Waals surface area contributed by atoms with Gasteiger partial charge in [-0.2, -0.15) is 0 Å². The van der Waals surface area contributed by atoms with Gasteiger partial charge in [-0.1, -0.05) is 26.0 Å². The molecule has 4 atom stereocenters. The Hall–Kier alpha value is -2.56. The van der Waals surface area contributed by atoms with E-state index >= 15 is 0 Å². The Balaban J connectivity index is 1.06. The van der Waals surface area contributed by atoms with Crippen molar-refractivity contribution in [3.8, 4) is 5.75 Å².